The van der Waals surface area contributed by atoms with Gasteiger partial charge >= 0.3 is 0 Å². The number of benzene rings is 1. The molecule has 1 heterocycles. The summed E-state index contributed by atoms with van der Waals surface area (Å²) >= 11 is 0. The van der Waals surface area contributed by atoms with Crippen molar-refractivity contribution in [3.8, 4) is 0 Å². The first-order valence-corrected chi connectivity index (χ1v) is 4.01. The maximum Gasteiger partial charge on any atom is 0.134 e. The molecular formula is C10H12ClNO. The summed E-state index contributed by atoms with van der Waals surface area (Å²) in [5.74, 6) is 0. The highest BCUT2D eigenvalue weighted by atomic mass is 35.5. The minimum atomic E-state index is 0. The summed E-state index contributed by atoms with van der Waals surface area (Å²) in [6.45, 7) is 1.96. The molecule has 0 saturated carbocycles. The monoisotopic (exact) mass is 197 g/mol. The summed E-state index contributed by atoms with van der Waals surface area (Å²) in [6.07, 6.45) is 1.73. The molecule has 1 atom stereocenters. The lowest BCUT2D eigenvalue weighted by Gasteiger charge is -1.99. The molecule has 2 nitrogen and oxygen atoms in total. The van der Waals surface area contributed by atoms with E-state index in [1.165, 1.54) is 0 Å². The van der Waals surface area contributed by atoms with Crippen molar-refractivity contribution in [2.45, 2.75) is 13.0 Å². The van der Waals surface area contributed by atoms with Gasteiger partial charge in [0.1, 0.15) is 5.58 Å². The lowest BCUT2D eigenvalue weighted by atomic mass is 10.1. The number of para-hydroxylation sites is 1. The summed E-state index contributed by atoms with van der Waals surface area (Å²) in [7, 11) is 0. The first-order valence-electron chi connectivity index (χ1n) is 4.01. The van der Waals surface area contributed by atoms with Gasteiger partial charge in [0.15, 0.2) is 0 Å². The summed E-state index contributed by atoms with van der Waals surface area (Å²) < 4.78 is 5.33. The van der Waals surface area contributed by atoms with E-state index in [0.29, 0.717) is 0 Å². The second kappa shape index (κ2) is 3.81. The van der Waals surface area contributed by atoms with Crippen molar-refractivity contribution < 1.29 is 4.42 Å². The predicted molar refractivity (Wildman–Crippen MR) is 56.1 cm³/mol. The molecule has 70 valence electrons. The number of halogens is 1. The van der Waals surface area contributed by atoms with Crippen molar-refractivity contribution >= 4 is 23.4 Å². The Bertz CT molecular complexity index is 394. The van der Waals surface area contributed by atoms with E-state index in [0.717, 1.165) is 16.5 Å². The van der Waals surface area contributed by atoms with Crippen LogP contribution >= 0.6 is 12.4 Å². The summed E-state index contributed by atoms with van der Waals surface area (Å²) in [5.41, 5.74) is 7.75. The van der Waals surface area contributed by atoms with E-state index in [-0.39, 0.29) is 18.4 Å². The number of nitrogens with two attached hydrogens (primary N) is 1. The molecule has 3 heteroatoms. The van der Waals surface area contributed by atoms with Gasteiger partial charge in [-0.2, -0.15) is 0 Å². The molecule has 1 aromatic carbocycles. The van der Waals surface area contributed by atoms with Gasteiger partial charge in [0.05, 0.1) is 6.26 Å². The fourth-order valence-corrected chi connectivity index (χ4v) is 1.35. The average Bonchev–Trinajstić information content (AvgIpc) is 2.47. The Morgan fingerprint density at radius 1 is 1.31 bits per heavy atom. The number of hydrogen-bond acceptors (Lipinski definition) is 2. The zero-order valence-corrected chi connectivity index (χ0v) is 8.17. The van der Waals surface area contributed by atoms with Gasteiger partial charge in [0.25, 0.3) is 0 Å². The van der Waals surface area contributed by atoms with Crippen LogP contribution in [-0.2, 0) is 0 Å². The van der Waals surface area contributed by atoms with Crippen LogP contribution < -0.4 is 5.73 Å². The minimum absolute atomic E-state index is 0. The molecule has 0 amide bonds. The zero-order valence-electron chi connectivity index (χ0n) is 7.36. The fraction of sp³-hybridized carbons (Fsp3) is 0.200. The first kappa shape index (κ1) is 10.1. The van der Waals surface area contributed by atoms with E-state index < -0.39 is 0 Å². The second-order valence-corrected chi connectivity index (χ2v) is 2.98. The standard InChI is InChI=1S/C10H11NO.ClH/c1-7(11)9-6-12-10-5-3-2-4-8(9)10;/h2-7H,11H2,1H3;1H/t7-;/m1./s1. The first-order chi connectivity index (χ1) is 5.79. The number of furan rings is 1. The molecular weight excluding hydrogens is 186 g/mol. The molecule has 2 N–H and O–H groups in total. The van der Waals surface area contributed by atoms with Gasteiger partial charge in [-0.3, -0.25) is 0 Å². The van der Waals surface area contributed by atoms with E-state index in [2.05, 4.69) is 0 Å². The van der Waals surface area contributed by atoms with Crippen LogP contribution in [0.5, 0.6) is 0 Å². The van der Waals surface area contributed by atoms with Gasteiger partial charge in [-0.05, 0) is 13.0 Å². The van der Waals surface area contributed by atoms with E-state index >= 15 is 0 Å². The smallest absolute Gasteiger partial charge is 0.134 e. The molecule has 0 spiro atoms. The molecule has 0 aliphatic heterocycles. The quantitative estimate of drug-likeness (QED) is 0.764. The highest BCUT2D eigenvalue weighted by molar-refractivity contribution is 5.85. The van der Waals surface area contributed by atoms with Crippen molar-refractivity contribution in [2.24, 2.45) is 5.73 Å². The Balaban J connectivity index is 0.000000845. The third-order valence-corrected chi connectivity index (χ3v) is 2.00. The number of fused-ring (bicyclic) bond motifs is 1. The van der Waals surface area contributed by atoms with Crippen LogP contribution in [0.3, 0.4) is 0 Å². The van der Waals surface area contributed by atoms with Gasteiger partial charge in [-0.25, -0.2) is 0 Å². The van der Waals surface area contributed by atoms with Crippen LogP contribution in [0, 0.1) is 0 Å². The Labute approximate surface area is 83.1 Å². The molecule has 13 heavy (non-hydrogen) atoms. The largest absolute Gasteiger partial charge is 0.464 e. The molecule has 0 radical (unpaired) electrons. The normalized spacial score (nSPS) is 12.5. The number of rotatable bonds is 1. The molecule has 1 aromatic heterocycles. The Morgan fingerprint density at radius 3 is 2.69 bits per heavy atom. The summed E-state index contributed by atoms with van der Waals surface area (Å²) in [4.78, 5) is 0. The van der Waals surface area contributed by atoms with Crippen molar-refractivity contribution in [1.29, 1.82) is 0 Å². The van der Waals surface area contributed by atoms with E-state index in [4.69, 9.17) is 10.2 Å². The van der Waals surface area contributed by atoms with Crippen molar-refractivity contribution in [3.05, 3.63) is 36.1 Å². The van der Waals surface area contributed by atoms with Crippen molar-refractivity contribution in [2.75, 3.05) is 0 Å². The Kier molecular flexibility index (Phi) is 2.96. The second-order valence-electron chi connectivity index (χ2n) is 2.98. The minimum Gasteiger partial charge on any atom is -0.464 e. The molecule has 2 aromatic rings. The lowest BCUT2D eigenvalue weighted by Crippen LogP contribution is -2.03. The van der Waals surface area contributed by atoms with Gasteiger partial charge < -0.3 is 10.2 Å². The molecule has 2 rings (SSSR count). The third-order valence-electron chi connectivity index (χ3n) is 2.00. The summed E-state index contributed by atoms with van der Waals surface area (Å²) in [6, 6.07) is 7.95. The Hall–Kier alpha value is -0.990. The molecule has 0 unspecified atom stereocenters. The SMILES string of the molecule is C[C@@H](N)c1coc2ccccc12.Cl. The maximum atomic E-state index is 5.76. The molecule has 0 saturated heterocycles. The van der Waals surface area contributed by atoms with Crippen LogP contribution in [0.15, 0.2) is 34.9 Å². The lowest BCUT2D eigenvalue weighted by molar-refractivity contribution is 0.605. The van der Waals surface area contributed by atoms with Crippen LogP contribution in [0.4, 0.5) is 0 Å². The molecule has 0 fully saturated rings. The van der Waals surface area contributed by atoms with Crippen LogP contribution in [0.25, 0.3) is 11.0 Å². The molecule has 0 aliphatic rings. The van der Waals surface area contributed by atoms with Crippen LogP contribution in [0.2, 0.25) is 0 Å². The summed E-state index contributed by atoms with van der Waals surface area (Å²) in [5, 5.41) is 1.12. The van der Waals surface area contributed by atoms with Gasteiger partial charge in [-0.1, -0.05) is 18.2 Å². The van der Waals surface area contributed by atoms with Gasteiger partial charge in [0.2, 0.25) is 0 Å². The predicted octanol–water partition coefficient (Wildman–Crippen LogP) is 2.87. The van der Waals surface area contributed by atoms with E-state index in [9.17, 15) is 0 Å². The van der Waals surface area contributed by atoms with Crippen LogP contribution in [-0.4, -0.2) is 0 Å². The molecule has 0 aliphatic carbocycles. The van der Waals surface area contributed by atoms with E-state index in [1.807, 2.05) is 31.2 Å². The highest BCUT2D eigenvalue weighted by Crippen LogP contribution is 2.24. The highest BCUT2D eigenvalue weighted by Gasteiger charge is 2.07. The maximum absolute atomic E-state index is 5.76. The van der Waals surface area contributed by atoms with Crippen LogP contribution in [0.1, 0.15) is 18.5 Å². The third kappa shape index (κ3) is 1.69. The average molecular weight is 198 g/mol. The van der Waals surface area contributed by atoms with Crippen molar-refractivity contribution in [3.63, 3.8) is 0 Å². The Morgan fingerprint density at radius 2 is 2.00 bits per heavy atom. The van der Waals surface area contributed by atoms with Crippen molar-refractivity contribution in [1.82, 2.24) is 0 Å². The number of hydrogen-bond donors (Lipinski definition) is 1. The zero-order chi connectivity index (χ0) is 8.55. The topological polar surface area (TPSA) is 39.2 Å². The van der Waals surface area contributed by atoms with Gasteiger partial charge in [0, 0.05) is 17.0 Å². The van der Waals surface area contributed by atoms with Gasteiger partial charge in [-0.15, -0.1) is 12.4 Å². The molecule has 0 bridgehead atoms. The van der Waals surface area contributed by atoms with E-state index in [1.54, 1.807) is 6.26 Å². The fourth-order valence-electron chi connectivity index (χ4n) is 1.35.